The van der Waals surface area contributed by atoms with Crippen LogP contribution < -0.4 is 5.30 Å². The third-order valence-electron chi connectivity index (χ3n) is 6.16. The van der Waals surface area contributed by atoms with E-state index in [2.05, 4.69) is 110 Å². The van der Waals surface area contributed by atoms with E-state index in [4.69, 9.17) is 18.6 Å². The van der Waals surface area contributed by atoms with Crippen molar-refractivity contribution in [3.63, 3.8) is 0 Å². The van der Waals surface area contributed by atoms with Crippen molar-refractivity contribution in [2.45, 2.75) is 143 Å². The Morgan fingerprint density at radius 3 is 0.769 bits per heavy atom. The fraction of sp³-hybridized carbons (Fsp3) is 0.688. The largest absolute Gasteiger partial charge is 0 e. The normalized spacial score (nSPS) is 13.1. The Balaban J connectivity index is -0.000000112. The molecule has 0 aliphatic heterocycles. The SMILES string of the molecule is C1CCCC1.C1CCCC1.CC(C)(C)c1cc(C(C)(C)C)c(P)c(C(C)(C)C)c1.[C-]#[O+].[C-]#[O+].[C-]#[O+].[C-]#[O+].[Mo].[Mo]. The van der Waals surface area contributed by atoms with Crippen LogP contribution in [0, 0.1) is 26.6 Å². The molecule has 0 heterocycles. The molecule has 4 nitrogen and oxygen atoms in total. The Morgan fingerprint density at radius 1 is 0.462 bits per heavy atom. The van der Waals surface area contributed by atoms with Crippen molar-refractivity contribution >= 4 is 14.5 Å². The van der Waals surface area contributed by atoms with E-state index in [9.17, 15) is 0 Å². The van der Waals surface area contributed by atoms with Crippen molar-refractivity contribution in [1.29, 1.82) is 0 Å². The summed E-state index contributed by atoms with van der Waals surface area (Å²) in [6.07, 6.45) is 15.0. The number of benzene rings is 1. The summed E-state index contributed by atoms with van der Waals surface area (Å²) in [6.45, 7) is 38.7. The van der Waals surface area contributed by atoms with Crippen LogP contribution in [-0.4, -0.2) is 0 Å². The van der Waals surface area contributed by atoms with Crippen LogP contribution in [0.1, 0.15) is 143 Å². The van der Waals surface area contributed by atoms with Crippen LogP contribution in [0.25, 0.3) is 0 Å². The molecule has 0 N–H and O–H groups in total. The maximum Gasteiger partial charge on any atom is 0 e. The van der Waals surface area contributed by atoms with Gasteiger partial charge in [-0.25, -0.2) is 0 Å². The van der Waals surface area contributed by atoms with Crippen LogP contribution in [0.3, 0.4) is 0 Å². The number of hydrogen-bond donors (Lipinski definition) is 0. The molecule has 1 aromatic carbocycles. The van der Waals surface area contributed by atoms with E-state index in [-0.39, 0.29) is 58.4 Å². The van der Waals surface area contributed by atoms with Gasteiger partial charge in [-0.05, 0) is 38.2 Å². The van der Waals surface area contributed by atoms with Crippen molar-refractivity contribution in [2.75, 3.05) is 0 Å². The summed E-state index contributed by atoms with van der Waals surface area (Å²) < 4.78 is 30.0. The first-order chi connectivity index (χ1) is 17.2. The average Bonchev–Trinajstić information content (AvgIpc) is 3.62. The summed E-state index contributed by atoms with van der Waals surface area (Å²) in [4.78, 5) is 0. The summed E-state index contributed by atoms with van der Waals surface area (Å²) in [6, 6.07) is 4.80. The molecular formula is C32H51Mo2O4P. The zero-order chi connectivity index (χ0) is 30.3. The van der Waals surface area contributed by atoms with Gasteiger partial charge >= 0.3 is 45.2 Å². The fourth-order valence-corrected chi connectivity index (χ4v) is 5.13. The molecule has 0 bridgehead atoms. The zero-order valence-electron chi connectivity index (χ0n) is 25.8. The Hall–Kier alpha value is -0.0134. The summed E-state index contributed by atoms with van der Waals surface area (Å²) >= 11 is 0. The quantitative estimate of drug-likeness (QED) is 0.111. The maximum atomic E-state index is 7.50. The summed E-state index contributed by atoms with van der Waals surface area (Å²) in [7, 11) is 2.98. The predicted molar refractivity (Wildman–Crippen MR) is 154 cm³/mol. The number of rotatable bonds is 0. The predicted octanol–water partition coefficient (Wildman–Crippen LogP) is 8.83. The van der Waals surface area contributed by atoms with Crippen LogP contribution in [0.5, 0.6) is 0 Å². The molecule has 1 aromatic rings. The molecule has 2 fully saturated rings. The van der Waals surface area contributed by atoms with Crippen molar-refractivity contribution in [2.24, 2.45) is 0 Å². The maximum absolute atomic E-state index is 7.50. The Kier molecular flexibility index (Phi) is 39.1. The van der Waals surface area contributed by atoms with Gasteiger partial charge in [-0.1, -0.05) is 139 Å². The second-order valence-electron chi connectivity index (χ2n) is 12.3. The molecule has 0 spiro atoms. The molecule has 0 saturated heterocycles. The Bertz CT molecular complexity index is 701. The summed E-state index contributed by atoms with van der Waals surface area (Å²) in [5, 5.41) is 1.38. The van der Waals surface area contributed by atoms with Crippen LogP contribution in [-0.2, 0) is 77.0 Å². The second-order valence-corrected chi connectivity index (χ2v) is 12.8. The first kappa shape index (κ1) is 51.7. The minimum Gasteiger partial charge on any atom is 0 e. The zero-order valence-corrected chi connectivity index (χ0v) is 30.9. The van der Waals surface area contributed by atoms with Gasteiger partial charge in [0.2, 0.25) is 0 Å². The van der Waals surface area contributed by atoms with E-state index >= 15 is 0 Å². The van der Waals surface area contributed by atoms with E-state index in [1.807, 2.05) is 0 Å². The molecule has 0 amide bonds. The van der Waals surface area contributed by atoms with Crippen LogP contribution >= 0.6 is 9.24 Å². The Morgan fingerprint density at radius 2 is 0.641 bits per heavy atom. The monoisotopic (exact) mass is 726 g/mol. The minimum atomic E-state index is 0. The smallest absolute Gasteiger partial charge is 0 e. The van der Waals surface area contributed by atoms with Gasteiger partial charge in [0.1, 0.15) is 0 Å². The molecule has 2 aliphatic carbocycles. The van der Waals surface area contributed by atoms with Gasteiger partial charge in [0, 0.05) is 42.1 Å². The fourth-order valence-electron chi connectivity index (χ4n) is 4.10. The van der Waals surface area contributed by atoms with Gasteiger partial charge in [-0.3, -0.25) is 0 Å². The first-order valence-corrected chi connectivity index (χ1v) is 13.6. The third kappa shape index (κ3) is 25.4. The Labute approximate surface area is 272 Å². The summed E-state index contributed by atoms with van der Waals surface area (Å²) in [5.74, 6) is 0. The van der Waals surface area contributed by atoms with Gasteiger partial charge in [0.25, 0.3) is 0 Å². The molecule has 0 aromatic heterocycles. The molecule has 0 radical (unpaired) electrons. The molecule has 2 aliphatic rings. The third-order valence-corrected chi connectivity index (χ3v) is 6.78. The van der Waals surface area contributed by atoms with E-state index in [0.717, 1.165) is 0 Å². The standard InChI is InChI=1S/C18H31P.2C5H10.4CO.2Mo/c1-16(2,3)12-10-13(17(4,5)6)15(19)14(11-12)18(7,8)9;2*1-2-4-5-3-1;4*1-2;;/h10-11H,19H2,1-9H3;2*1-5H2;;;;;;. The van der Waals surface area contributed by atoms with Gasteiger partial charge in [0.15, 0.2) is 0 Å². The van der Waals surface area contributed by atoms with Crippen LogP contribution in [0.4, 0.5) is 0 Å². The molecular weight excluding hydrogens is 671 g/mol. The van der Waals surface area contributed by atoms with Gasteiger partial charge in [-0.15, -0.1) is 9.24 Å². The van der Waals surface area contributed by atoms with Crippen molar-refractivity contribution in [3.05, 3.63) is 55.4 Å². The first-order valence-electron chi connectivity index (χ1n) is 13.0. The summed E-state index contributed by atoms with van der Waals surface area (Å²) in [5.41, 5.74) is 4.90. The topological polar surface area (TPSA) is 79.6 Å². The van der Waals surface area contributed by atoms with Crippen LogP contribution in [0.15, 0.2) is 12.1 Å². The minimum absolute atomic E-state index is 0. The van der Waals surface area contributed by atoms with E-state index < -0.39 is 0 Å². The van der Waals surface area contributed by atoms with Gasteiger partial charge < -0.3 is 0 Å². The molecule has 1 atom stereocenters. The molecule has 7 heteroatoms. The van der Waals surface area contributed by atoms with Crippen LogP contribution in [0.2, 0.25) is 0 Å². The molecule has 2 saturated carbocycles. The van der Waals surface area contributed by atoms with Crippen molar-refractivity contribution in [1.82, 2.24) is 0 Å². The molecule has 39 heavy (non-hydrogen) atoms. The molecule has 220 valence electrons. The van der Waals surface area contributed by atoms with Gasteiger partial charge in [0.05, 0.1) is 0 Å². The average molecular weight is 723 g/mol. The molecule has 1 unspecified atom stereocenters. The van der Waals surface area contributed by atoms with Crippen molar-refractivity contribution in [3.8, 4) is 0 Å². The second kappa shape index (κ2) is 29.5. The number of hydrogen-bond acceptors (Lipinski definition) is 0. The van der Waals surface area contributed by atoms with Crippen molar-refractivity contribution < 1.29 is 60.7 Å². The van der Waals surface area contributed by atoms with E-state index in [0.29, 0.717) is 0 Å². The van der Waals surface area contributed by atoms with E-state index in [1.54, 1.807) is 0 Å². The van der Waals surface area contributed by atoms with Gasteiger partial charge in [-0.2, -0.15) is 0 Å². The van der Waals surface area contributed by atoms with E-state index in [1.165, 1.54) is 86.2 Å². The molecule has 3 rings (SSSR count).